The number of nitrogens with zero attached hydrogens (tertiary/aromatic N) is 3. The second-order valence-electron chi connectivity index (χ2n) is 4.99. The minimum atomic E-state index is -3.08. The van der Waals surface area contributed by atoms with Crippen LogP contribution in [-0.2, 0) is 9.84 Å². The van der Waals surface area contributed by atoms with Gasteiger partial charge in [-0.1, -0.05) is 0 Å². The van der Waals surface area contributed by atoms with Crippen LogP contribution in [0.15, 0.2) is 6.07 Å². The van der Waals surface area contributed by atoms with E-state index in [-0.39, 0.29) is 18.0 Å². The smallest absolute Gasteiger partial charge is 0.354 e. The van der Waals surface area contributed by atoms with E-state index in [2.05, 4.69) is 15.3 Å². The van der Waals surface area contributed by atoms with Crippen molar-refractivity contribution in [3.63, 3.8) is 0 Å². The number of anilines is 2. The van der Waals surface area contributed by atoms with Gasteiger partial charge in [-0.15, -0.1) is 0 Å². The summed E-state index contributed by atoms with van der Waals surface area (Å²) in [6.45, 7) is 1.77. The first-order valence-corrected chi connectivity index (χ1v) is 8.70. The number of carbonyl (C=O) groups is 1. The second-order valence-corrected chi connectivity index (χ2v) is 7.25. The Kier molecular flexibility index (Phi) is 4.61. The summed E-state index contributed by atoms with van der Waals surface area (Å²) in [6, 6.07) is 1.31. The van der Waals surface area contributed by atoms with E-state index in [0.717, 1.165) is 32.2 Å². The third kappa shape index (κ3) is 4.55. The average Bonchev–Trinajstić information content (AvgIpc) is 2.90. The van der Waals surface area contributed by atoms with Crippen molar-refractivity contribution >= 4 is 27.6 Å². The summed E-state index contributed by atoms with van der Waals surface area (Å²) in [7, 11) is -3.08. The number of aromatic carboxylic acids is 1. The SMILES string of the molecule is CS(=O)(=O)CCNc1cc(C(=O)O)nc(N2CCCC2)n1. The van der Waals surface area contributed by atoms with Crippen molar-refractivity contribution in [3.05, 3.63) is 11.8 Å². The molecule has 0 aromatic carbocycles. The van der Waals surface area contributed by atoms with Gasteiger partial charge in [0, 0.05) is 32.0 Å². The van der Waals surface area contributed by atoms with Gasteiger partial charge in [-0.2, -0.15) is 4.98 Å². The summed E-state index contributed by atoms with van der Waals surface area (Å²) in [6.07, 6.45) is 3.20. The predicted molar refractivity (Wildman–Crippen MR) is 78.6 cm³/mol. The van der Waals surface area contributed by atoms with E-state index in [9.17, 15) is 13.2 Å². The van der Waals surface area contributed by atoms with E-state index in [1.807, 2.05) is 4.90 Å². The summed E-state index contributed by atoms with van der Waals surface area (Å²) >= 11 is 0. The highest BCUT2D eigenvalue weighted by molar-refractivity contribution is 7.90. The number of aromatic nitrogens is 2. The summed E-state index contributed by atoms with van der Waals surface area (Å²) in [4.78, 5) is 21.3. The van der Waals surface area contributed by atoms with Crippen LogP contribution in [0.5, 0.6) is 0 Å². The maximum Gasteiger partial charge on any atom is 0.354 e. The molecule has 0 bridgehead atoms. The number of hydrogen-bond acceptors (Lipinski definition) is 7. The number of rotatable bonds is 6. The van der Waals surface area contributed by atoms with Crippen LogP contribution in [0.4, 0.5) is 11.8 Å². The zero-order chi connectivity index (χ0) is 15.5. The molecule has 116 valence electrons. The fourth-order valence-corrected chi connectivity index (χ4v) is 2.53. The standard InChI is InChI=1S/C12H18N4O4S/c1-21(19,20)7-4-13-10-8-9(11(17)18)14-12(15-10)16-5-2-3-6-16/h8H,2-7H2,1H3,(H,17,18)(H,13,14,15). The largest absolute Gasteiger partial charge is 0.477 e. The zero-order valence-electron chi connectivity index (χ0n) is 11.7. The molecule has 2 heterocycles. The van der Waals surface area contributed by atoms with Crippen LogP contribution in [0.3, 0.4) is 0 Å². The van der Waals surface area contributed by atoms with Gasteiger partial charge in [-0.05, 0) is 12.8 Å². The number of sulfone groups is 1. The van der Waals surface area contributed by atoms with Gasteiger partial charge in [0.1, 0.15) is 15.7 Å². The molecule has 0 saturated carbocycles. The number of hydrogen-bond donors (Lipinski definition) is 2. The van der Waals surface area contributed by atoms with Gasteiger partial charge in [-0.25, -0.2) is 18.2 Å². The Balaban J connectivity index is 2.17. The Morgan fingerprint density at radius 2 is 2.05 bits per heavy atom. The van der Waals surface area contributed by atoms with Gasteiger partial charge in [0.25, 0.3) is 0 Å². The highest BCUT2D eigenvalue weighted by Gasteiger charge is 2.18. The number of carboxylic acids is 1. The molecule has 0 amide bonds. The van der Waals surface area contributed by atoms with Gasteiger partial charge >= 0.3 is 5.97 Å². The Labute approximate surface area is 123 Å². The van der Waals surface area contributed by atoms with E-state index < -0.39 is 15.8 Å². The van der Waals surface area contributed by atoms with Crippen molar-refractivity contribution < 1.29 is 18.3 Å². The van der Waals surface area contributed by atoms with Crippen molar-refractivity contribution in [3.8, 4) is 0 Å². The molecule has 0 spiro atoms. The molecular weight excluding hydrogens is 296 g/mol. The molecule has 0 unspecified atom stereocenters. The van der Waals surface area contributed by atoms with Crippen LogP contribution in [-0.4, -0.2) is 61.1 Å². The topological polar surface area (TPSA) is 112 Å². The molecule has 1 fully saturated rings. The molecule has 1 aliphatic heterocycles. The van der Waals surface area contributed by atoms with Crippen LogP contribution in [0.1, 0.15) is 23.3 Å². The molecule has 1 saturated heterocycles. The minimum Gasteiger partial charge on any atom is -0.477 e. The molecule has 1 aromatic heterocycles. The fourth-order valence-electron chi connectivity index (χ4n) is 2.06. The molecule has 21 heavy (non-hydrogen) atoms. The third-order valence-electron chi connectivity index (χ3n) is 3.10. The quantitative estimate of drug-likeness (QED) is 0.767. The van der Waals surface area contributed by atoms with Crippen LogP contribution < -0.4 is 10.2 Å². The molecule has 1 aliphatic rings. The van der Waals surface area contributed by atoms with Crippen molar-refractivity contribution in [2.75, 3.05) is 41.9 Å². The molecule has 0 aliphatic carbocycles. The molecule has 8 nitrogen and oxygen atoms in total. The Morgan fingerprint density at radius 1 is 1.38 bits per heavy atom. The van der Waals surface area contributed by atoms with Crippen molar-refractivity contribution in [1.29, 1.82) is 0 Å². The maximum atomic E-state index is 11.1. The Morgan fingerprint density at radius 3 is 2.62 bits per heavy atom. The number of nitrogens with one attached hydrogen (secondary N) is 1. The van der Waals surface area contributed by atoms with E-state index in [0.29, 0.717) is 11.8 Å². The summed E-state index contributed by atoms with van der Waals surface area (Å²) in [5.74, 6) is -0.482. The van der Waals surface area contributed by atoms with Crippen LogP contribution in [0.25, 0.3) is 0 Å². The predicted octanol–water partition coefficient (Wildman–Crippen LogP) is 0.232. The van der Waals surface area contributed by atoms with Gasteiger partial charge in [0.2, 0.25) is 5.95 Å². The highest BCUT2D eigenvalue weighted by atomic mass is 32.2. The third-order valence-corrected chi connectivity index (χ3v) is 4.05. The lowest BCUT2D eigenvalue weighted by molar-refractivity contribution is 0.0690. The van der Waals surface area contributed by atoms with Crippen molar-refractivity contribution in [1.82, 2.24) is 9.97 Å². The normalized spacial score (nSPS) is 15.2. The Bertz CT molecular complexity index is 626. The van der Waals surface area contributed by atoms with Crippen LogP contribution in [0.2, 0.25) is 0 Å². The fraction of sp³-hybridized carbons (Fsp3) is 0.583. The van der Waals surface area contributed by atoms with Gasteiger partial charge in [0.05, 0.1) is 5.75 Å². The van der Waals surface area contributed by atoms with E-state index in [1.165, 1.54) is 6.07 Å². The molecule has 2 rings (SSSR count). The monoisotopic (exact) mass is 314 g/mol. The van der Waals surface area contributed by atoms with Crippen LogP contribution >= 0.6 is 0 Å². The molecule has 2 N–H and O–H groups in total. The van der Waals surface area contributed by atoms with E-state index >= 15 is 0 Å². The first-order valence-electron chi connectivity index (χ1n) is 6.64. The number of carboxylic acid groups (broad SMARTS) is 1. The van der Waals surface area contributed by atoms with Gasteiger partial charge in [0.15, 0.2) is 5.69 Å². The molecule has 0 atom stereocenters. The van der Waals surface area contributed by atoms with Crippen LogP contribution in [0, 0.1) is 0 Å². The minimum absolute atomic E-state index is 0.0432. The molecular formula is C12H18N4O4S. The second kappa shape index (κ2) is 6.25. The average molecular weight is 314 g/mol. The summed E-state index contributed by atoms with van der Waals surface area (Å²) in [5.41, 5.74) is -0.103. The van der Waals surface area contributed by atoms with E-state index in [1.54, 1.807) is 0 Å². The highest BCUT2D eigenvalue weighted by Crippen LogP contribution is 2.18. The molecule has 0 radical (unpaired) electrons. The van der Waals surface area contributed by atoms with Crippen molar-refractivity contribution in [2.24, 2.45) is 0 Å². The summed E-state index contributed by atoms with van der Waals surface area (Å²) < 4.78 is 22.2. The first kappa shape index (κ1) is 15.5. The Hall–Kier alpha value is -1.90. The lowest BCUT2D eigenvalue weighted by atomic mass is 10.4. The lowest BCUT2D eigenvalue weighted by Crippen LogP contribution is -2.23. The molecule has 9 heteroatoms. The maximum absolute atomic E-state index is 11.1. The van der Waals surface area contributed by atoms with Gasteiger partial charge < -0.3 is 15.3 Å². The summed E-state index contributed by atoms with van der Waals surface area (Å²) in [5, 5.41) is 11.9. The van der Waals surface area contributed by atoms with Crippen molar-refractivity contribution in [2.45, 2.75) is 12.8 Å². The van der Waals surface area contributed by atoms with Gasteiger partial charge in [-0.3, -0.25) is 0 Å². The van der Waals surface area contributed by atoms with E-state index in [4.69, 9.17) is 5.11 Å². The first-order chi connectivity index (χ1) is 9.85. The zero-order valence-corrected chi connectivity index (χ0v) is 12.6. The lowest BCUT2D eigenvalue weighted by Gasteiger charge is -2.16. The molecule has 1 aromatic rings.